The molecule has 3 N–H and O–H groups in total. The van der Waals surface area contributed by atoms with Crippen molar-refractivity contribution in [3.05, 3.63) is 22.8 Å². The number of carbonyl (C=O) groups excluding carboxylic acids is 1. The third-order valence-electron chi connectivity index (χ3n) is 1.19. The van der Waals surface area contributed by atoms with Crippen LogP contribution < -0.4 is 11.1 Å². The summed E-state index contributed by atoms with van der Waals surface area (Å²) < 4.78 is 0.811. The van der Waals surface area contributed by atoms with Crippen molar-refractivity contribution in [2.45, 2.75) is 0 Å². The molecule has 0 atom stereocenters. The Morgan fingerprint density at radius 3 is 3.08 bits per heavy atom. The first kappa shape index (κ1) is 8.99. The number of halogens is 1. The average Bonchev–Trinajstić information content (AvgIpc) is 2.03. The minimum atomic E-state index is -0.410. The van der Waals surface area contributed by atoms with Crippen molar-refractivity contribution in [2.24, 2.45) is 5.73 Å². The summed E-state index contributed by atoms with van der Waals surface area (Å²) in [6, 6.07) is 3.62. The molecule has 0 aliphatic carbocycles. The number of aromatic nitrogens is 1. The smallest absolute Gasteiger partial charge is 0.236 e. The maximum atomic E-state index is 10.4. The Labute approximate surface area is 78.3 Å². The first-order valence-corrected chi connectivity index (χ1v) is 4.12. The van der Waals surface area contributed by atoms with E-state index in [0.717, 1.165) is 4.47 Å². The maximum Gasteiger partial charge on any atom is 0.236 e. The van der Waals surface area contributed by atoms with Crippen molar-refractivity contribution in [2.75, 3.05) is 11.9 Å². The Bertz CT molecular complexity index is 290. The zero-order valence-electron chi connectivity index (χ0n) is 6.25. The molecule has 0 unspecified atom stereocenters. The molecular formula is C7H8BrN3O. The molecule has 64 valence electrons. The summed E-state index contributed by atoms with van der Waals surface area (Å²) in [5, 5.41) is 2.78. The van der Waals surface area contributed by atoms with E-state index in [4.69, 9.17) is 5.73 Å². The minimum absolute atomic E-state index is 0.0929. The van der Waals surface area contributed by atoms with Crippen LogP contribution >= 0.6 is 15.9 Å². The number of hydrogen-bond donors (Lipinski definition) is 2. The van der Waals surface area contributed by atoms with Crippen LogP contribution in [0.25, 0.3) is 0 Å². The van der Waals surface area contributed by atoms with Crippen molar-refractivity contribution in [3.63, 3.8) is 0 Å². The molecule has 0 saturated carbocycles. The fraction of sp³-hybridized carbons (Fsp3) is 0.143. The molecule has 1 rings (SSSR count). The van der Waals surface area contributed by atoms with Crippen molar-refractivity contribution in [3.8, 4) is 0 Å². The Morgan fingerprint density at radius 1 is 1.75 bits per heavy atom. The fourth-order valence-electron chi connectivity index (χ4n) is 0.687. The minimum Gasteiger partial charge on any atom is -0.368 e. The van der Waals surface area contributed by atoms with Crippen molar-refractivity contribution in [1.82, 2.24) is 4.98 Å². The van der Waals surface area contributed by atoms with E-state index in [0.29, 0.717) is 5.82 Å². The topological polar surface area (TPSA) is 68.0 Å². The molecule has 1 amide bonds. The van der Waals surface area contributed by atoms with Gasteiger partial charge in [0.15, 0.2) is 0 Å². The van der Waals surface area contributed by atoms with Gasteiger partial charge in [0, 0.05) is 6.20 Å². The first-order valence-electron chi connectivity index (χ1n) is 3.33. The third kappa shape index (κ3) is 2.50. The van der Waals surface area contributed by atoms with Crippen LogP contribution in [0.2, 0.25) is 0 Å². The predicted molar refractivity (Wildman–Crippen MR) is 49.6 cm³/mol. The molecule has 0 bridgehead atoms. The molecule has 0 radical (unpaired) electrons. The molecule has 1 aromatic heterocycles. The van der Waals surface area contributed by atoms with Gasteiger partial charge >= 0.3 is 0 Å². The van der Waals surface area contributed by atoms with E-state index in [2.05, 4.69) is 26.2 Å². The number of carbonyl (C=O) groups is 1. The number of nitrogens with zero attached hydrogens (tertiary/aromatic N) is 1. The van der Waals surface area contributed by atoms with E-state index in [1.807, 2.05) is 6.07 Å². The van der Waals surface area contributed by atoms with Gasteiger partial charge in [-0.2, -0.15) is 0 Å². The molecule has 0 aliphatic heterocycles. The summed E-state index contributed by atoms with van der Waals surface area (Å²) in [4.78, 5) is 14.4. The Hall–Kier alpha value is -1.10. The van der Waals surface area contributed by atoms with Gasteiger partial charge < -0.3 is 11.1 Å². The highest BCUT2D eigenvalue weighted by Gasteiger charge is 1.99. The predicted octanol–water partition coefficient (Wildman–Crippen LogP) is 0.741. The quantitative estimate of drug-likeness (QED) is 0.804. The SMILES string of the molecule is NC(=O)CNc1ncccc1Br. The van der Waals surface area contributed by atoms with Gasteiger partial charge in [-0.3, -0.25) is 4.79 Å². The molecular weight excluding hydrogens is 222 g/mol. The standard InChI is InChI=1S/C7H8BrN3O/c8-5-2-1-3-10-7(5)11-4-6(9)12/h1-3H,4H2,(H2,9,12)(H,10,11). The lowest BCUT2D eigenvalue weighted by atomic mass is 10.4. The number of primary amides is 1. The number of nitrogens with two attached hydrogens (primary N) is 1. The summed E-state index contributed by atoms with van der Waals surface area (Å²) in [6.45, 7) is 0.0929. The second-order valence-corrected chi connectivity index (χ2v) is 3.01. The van der Waals surface area contributed by atoms with Gasteiger partial charge in [-0.25, -0.2) is 4.98 Å². The van der Waals surface area contributed by atoms with Crippen LogP contribution in [-0.4, -0.2) is 17.4 Å². The van der Waals surface area contributed by atoms with Gasteiger partial charge in [-0.15, -0.1) is 0 Å². The number of hydrogen-bond acceptors (Lipinski definition) is 3. The van der Waals surface area contributed by atoms with Gasteiger partial charge in [-0.1, -0.05) is 0 Å². The van der Waals surface area contributed by atoms with Gasteiger partial charge in [0.1, 0.15) is 5.82 Å². The number of anilines is 1. The maximum absolute atomic E-state index is 10.4. The zero-order valence-corrected chi connectivity index (χ0v) is 7.84. The highest BCUT2D eigenvalue weighted by molar-refractivity contribution is 9.10. The van der Waals surface area contributed by atoms with E-state index in [1.54, 1.807) is 12.3 Å². The van der Waals surface area contributed by atoms with E-state index in [-0.39, 0.29) is 6.54 Å². The van der Waals surface area contributed by atoms with E-state index >= 15 is 0 Å². The van der Waals surface area contributed by atoms with Gasteiger partial charge in [0.2, 0.25) is 5.91 Å². The van der Waals surface area contributed by atoms with Crippen molar-refractivity contribution in [1.29, 1.82) is 0 Å². The monoisotopic (exact) mass is 229 g/mol. The van der Waals surface area contributed by atoms with Crippen LogP contribution in [0.4, 0.5) is 5.82 Å². The molecule has 0 spiro atoms. The Balaban J connectivity index is 2.63. The first-order chi connectivity index (χ1) is 5.70. The molecule has 0 fully saturated rings. The molecule has 12 heavy (non-hydrogen) atoms. The van der Waals surface area contributed by atoms with Crippen LogP contribution in [0.1, 0.15) is 0 Å². The second kappa shape index (κ2) is 4.06. The van der Waals surface area contributed by atoms with Crippen LogP contribution in [0.3, 0.4) is 0 Å². The summed E-state index contributed by atoms with van der Waals surface area (Å²) in [6.07, 6.45) is 1.63. The molecule has 1 heterocycles. The Morgan fingerprint density at radius 2 is 2.50 bits per heavy atom. The molecule has 0 aromatic carbocycles. The summed E-state index contributed by atoms with van der Waals surface area (Å²) in [5.74, 6) is 0.212. The van der Waals surface area contributed by atoms with Gasteiger partial charge in [0.05, 0.1) is 11.0 Å². The normalized spacial score (nSPS) is 9.42. The summed E-state index contributed by atoms with van der Waals surface area (Å²) in [7, 11) is 0. The van der Waals surface area contributed by atoms with Crippen LogP contribution in [-0.2, 0) is 4.79 Å². The van der Waals surface area contributed by atoms with Crippen LogP contribution in [0.15, 0.2) is 22.8 Å². The third-order valence-corrected chi connectivity index (χ3v) is 1.83. The van der Waals surface area contributed by atoms with Crippen LogP contribution in [0.5, 0.6) is 0 Å². The number of pyridine rings is 1. The summed E-state index contributed by atoms with van der Waals surface area (Å²) in [5.41, 5.74) is 4.95. The lowest BCUT2D eigenvalue weighted by molar-refractivity contribution is -0.116. The lowest BCUT2D eigenvalue weighted by Crippen LogP contribution is -2.22. The number of nitrogens with one attached hydrogen (secondary N) is 1. The van der Waals surface area contributed by atoms with E-state index in [9.17, 15) is 4.79 Å². The average molecular weight is 230 g/mol. The fourth-order valence-corrected chi connectivity index (χ4v) is 1.08. The Kier molecular flexibility index (Phi) is 3.04. The summed E-state index contributed by atoms with van der Waals surface area (Å²) >= 11 is 3.27. The largest absolute Gasteiger partial charge is 0.368 e. The van der Waals surface area contributed by atoms with Gasteiger partial charge in [-0.05, 0) is 28.1 Å². The molecule has 0 aliphatic rings. The zero-order chi connectivity index (χ0) is 8.97. The number of rotatable bonds is 3. The van der Waals surface area contributed by atoms with Crippen molar-refractivity contribution < 1.29 is 4.79 Å². The molecule has 4 nitrogen and oxygen atoms in total. The van der Waals surface area contributed by atoms with E-state index < -0.39 is 5.91 Å². The highest BCUT2D eigenvalue weighted by atomic mass is 79.9. The molecule has 5 heteroatoms. The molecule has 1 aromatic rings. The lowest BCUT2D eigenvalue weighted by Gasteiger charge is -2.03. The molecule has 0 saturated heterocycles. The van der Waals surface area contributed by atoms with E-state index in [1.165, 1.54) is 0 Å². The number of amides is 1. The highest BCUT2D eigenvalue weighted by Crippen LogP contribution is 2.17. The second-order valence-electron chi connectivity index (χ2n) is 2.15. The van der Waals surface area contributed by atoms with Gasteiger partial charge in [0.25, 0.3) is 0 Å². The van der Waals surface area contributed by atoms with Crippen LogP contribution in [0, 0.1) is 0 Å². The van der Waals surface area contributed by atoms with Crippen molar-refractivity contribution >= 4 is 27.7 Å².